The number of halogens is 1. The first kappa shape index (κ1) is 20.8. The summed E-state index contributed by atoms with van der Waals surface area (Å²) in [6.45, 7) is 5.54. The molecule has 5 nitrogen and oxygen atoms in total. The third-order valence-electron chi connectivity index (χ3n) is 5.42. The van der Waals surface area contributed by atoms with E-state index < -0.39 is 0 Å². The fraction of sp³-hybridized carbons (Fsp3) is 0.391. The van der Waals surface area contributed by atoms with Crippen molar-refractivity contribution in [2.45, 2.75) is 45.2 Å². The van der Waals surface area contributed by atoms with Crippen LogP contribution in [-0.2, 0) is 0 Å². The van der Waals surface area contributed by atoms with Gasteiger partial charge in [0.2, 0.25) is 0 Å². The van der Waals surface area contributed by atoms with Crippen molar-refractivity contribution in [3.8, 4) is 0 Å². The Balaban J connectivity index is 1.60. The standard InChI is InChI=1S/C23H28FN3O2/c1-3-16(2)25-23(29)20-6-4-5-7-21(20)27-14-12-19(13-15-27)26-22(28)17-8-10-18(24)11-9-17/h4-11,16,19H,3,12-15H2,1-2H3,(H,25,29)(H,26,28). The van der Waals surface area contributed by atoms with E-state index in [0.29, 0.717) is 11.1 Å². The van der Waals surface area contributed by atoms with Crippen LogP contribution in [0.2, 0.25) is 0 Å². The molecule has 1 aliphatic heterocycles. The van der Waals surface area contributed by atoms with Crippen molar-refractivity contribution in [2.75, 3.05) is 18.0 Å². The zero-order valence-electron chi connectivity index (χ0n) is 17.0. The maximum Gasteiger partial charge on any atom is 0.253 e. The molecule has 154 valence electrons. The molecule has 3 rings (SSSR count). The molecule has 1 atom stereocenters. The molecule has 1 aliphatic rings. The number of rotatable bonds is 6. The van der Waals surface area contributed by atoms with E-state index in [1.807, 2.05) is 38.1 Å². The third-order valence-corrected chi connectivity index (χ3v) is 5.42. The van der Waals surface area contributed by atoms with E-state index in [1.54, 1.807) is 0 Å². The molecule has 0 bridgehead atoms. The van der Waals surface area contributed by atoms with Gasteiger partial charge in [-0.3, -0.25) is 9.59 Å². The highest BCUT2D eigenvalue weighted by Gasteiger charge is 2.24. The number of carbonyl (C=O) groups is 2. The molecule has 0 saturated carbocycles. The average molecular weight is 397 g/mol. The quantitative estimate of drug-likeness (QED) is 0.780. The number of piperidine rings is 1. The van der Waals surface area contributed by atoms with Gasteiger partial charge in [-0.1, -0.05) is 19.1 Å². The van der Waals surface area contributed by atoms with E-state index in [-0.39, 0.29) is 29.7 Å². The van der Waals surface area contributed by atoms with Crippen LogP contribution < -0.4 is 15.5 Å². The molecule has 0 radical (unpaired) electrons. The van der Waals surface area contributed by atoms with E-state index in [9.17, 15) is 14.0 Å². The lowest BCUT2D eigenvalue weighted by atomic mass is 10.0. The van der Waals surface area contributed by atoms with Gasteiger partial charge in [0.1, 0.15) is 5.82 Å². The highest BCUT2D eigenvalue weighted by molar-refractivity contribution is 6.00. The Hall–Kier alpha value is -2.89. The Morgan fingerprint density at radius 1 is 1.07 bits per heavy atom. The van der Waals surface area contributed by atoms with Crippen LogP contribution in [0.1, 0.15) is 53.8 Å². The lowest BCUT2D eigenvalue weighted by Gasteiger charge is -2.35. The number of hydrogen-bond acceptors (Lipinski definition) is 3. The summed E-state index contributed by atoms with van der Waals surface area (Å²) in [6, 6.07) is 13.4. The summed E-state index contributed by atoms with van der Waals surface area (Å²) in [5.74, 6) is -0.593. The number of nitrogens with zero attached hydrogens (tertiary/aromatic N) is 1. The zero-order valence-corrected chi connectivity index (χ0v) is 17.0. The topological polar surface area (TPSA) is 61.4 Å². The summed E-state index contributed by atoms with van der Waals surface area (Å²) >= 11 is 0. The summed E-state index contributed by atoms with van der Waals surface area (Å²) < 4.78 is 13.0. The SMILES string of the molecule is CCC(C)NC(=O)c1ccccc1N1CCC(NC(=O)c2ccc(F)cc2)CC1. The molecule has 0 aliphatic carbocycles. The first-order valence-corrected chi connectivity index (χ1v) is 10.2. The van der Waals surface area contributed by atoms with Gasteiger partial charge in [-0.05, 0) is 62.6 Å². The number of anilines is 1. The largest absolute Gasteiger partial charge is 0.371 e. The maximum absolute atomic E-state index is 13.0. The zero-order chi connectivity index (χ0) is 20.8. The Labute approximate surface area is 171 Å². The summed E-state index contributed by atoms with van der Waals surface area (Å²) in [5.41, 5.74) is 2.07. The van der Waals surface area contributed by atoms with Crippen molar-refractivity contribution in [2.24, 2.45) is 0 Å². The number of nitrogens with one attached hydrogen (secondary N) is 2. The van der Waals surface area contributed by atoms with Gasteiger partial charge in [-0.25, -0.2) is 4.39 Å². The summed E-state index contributed by atoms with van der Waals surface area (Å²) in [6.07, 6.45) is 2.45. The Morgan fingerprint density at radius 2 is 1.72 bits per heavy atom. The van der Waals surface area contributed by atoms with Crippen LogP contribution in [0, 0.1) is 5.82 Å². The molecule has 1 heterocycles. The van der Waals surface area contributed by atoms with Crippen LogP contribution in [0.25, 0.3) is 0 Å². The number of carbonyl (C=O) groups excluding carboxylic acids is 2. The fourth-order valence-corrected chi connectivity index (χ4v) is 3.48. The van der Waals surface area contributed by atoms with E-state index in [4.69, 9.17) is 0 Å². The van der Waals surface area contributed by atoms with Crippen molar-refractivity contribution in [3.63, 3.8) is 0 Å². The second-order valence-electron chi connectivity index (χ2n) is 7.54. The number of para-hydroxylation sites is 1. The minimum atomic E-state index is -0.356. The number of benzene rings is 2. The fourth-order valence-electron chi connectivity index (χ4n) is 3.48. The van der Waals surface area contributed by atoms with E-state index >= 15 is 0 Å². The second kappa shape index (κ2) is 9.54. The highest BCUT2D eigenvalue weighted by Crippen LogP contribution is 2.24. The molecule has 1 unspecified atom stereocenters. The minimum absolute atomic E-state index is 0.0540. The van der Waals surface area contributed by atoms with E-state index in [2.05, 4.69) is 15.5 Å². The van der Waals surface area contributed by atoms with Crippen LogP contribution >= 0.6 is 0 Å². The predicted molar refractivity (Wildman–Crippen MR) is 113 cm³/mol. The Bertz CT molecular complexity index is 845. The van der Waals surface area contributed by atoms with Gasteiger partial charge in [0.05, 0.1) is 5.56 Å². The molecule has 2 N–H and O–H groups in total. The maximum atomic E-state index is 13.0. The molecule has 2 aromatic rings. The monoisotopic (exact) mass is 397 g/mol. The lowest BCUT2D eigenvalue weighted by Crippen LogP contribution is -2.45. The molecule has 29 heavy (non-hydrogen) atoms. The summed E-state index contributed by atoms with van der Waals surface area (Å²) in [4.78, 5) is 27.2. The molecular formula is C23H28FN3O2. The van der Waals surface area contributed by atoms with Gasteiger partial charge in [0, 0.05) is 36.4 Å². The number of amides is 2. The first-order valence-electron chi connectivity index (χ1n) is 10.2. The molecule has 6 heteroatoms. The molecule has 1 saturated heterocycles. The van der Waals surface area contributed by atoms with Gasteiger partial charge in [0.25, 0.3) is 11.8 Å². The van der Waals surface area contributed by atoms with Crippen LogP contribution in [0.15, 0.2) is 48.5 Å². The molecule has 2 aromatic carbocycles. The van der Waals surface area contributed by atoms with Crippen molar-refractivity contribution in [3.05, 3.63) is 65.5 Å². The van der Waals surface area contributed by atoms with Crippen molar-refractivity contribution < 1.29 is 14.0 Å². The van der Waals surface area contributed by atoms with Gasteiger partial charge in [-0.2, -0.15) is 0 Å². The lowest BCUT2D eigenvalue weighted by molar-refractivity contribution is 0.0928. The van der Waals surface area contributed by atoms with Gasteiger partial charge >= 0.3 is 0 Å². The predicted octanol–water partition coefficient (Wildman–Crippen LogP) is 3.75. The third kappa shape index (κ3) is 5.34. The van der Waals surface area contributed by atoms with Crippen molar-refractivity contribution >= 4 is 17.5 Å². The summed E-state index contributed by atoms with van der Waals surface area (Å²) in [7, 11) is 0. The Kier molecular flexibility index (Phi) is 6.86. The highest BCUT2D eigenvalue weighted by atomic mass is 19.1. The van der Waals surface area contributed by atoms with Crippen LogP contribution in [0.4, 0.5) is 10.1 Å². The average Bonchev–Trinajstić information content (AvgIpc) is 2.74. The molecule has 0 spiro atoms. The molecule has 2 amide bonds. The van der Waals surface area contributed by atoms with Gasteiger partial charge < -0.3 is 15.5 Å². The molecular weight excluding hydrogens is 369 g/mol. The first-order chi connectivity index (χ1) is 14.0. The molecule has 1 fully saturated rings. The smallest absolute Gasteiger partial charge is 0.253 e. The van der Waals surface area contributed by atoms with Crippen molar-refractivity contribution in [1.82, 2.24) is 10.6 Å². The summed E-state index contributed by atoms with van der Waals surface area (Å²) in [5, 5.41) is 6.06. The van der Waals surface area contributed by atoms with Gasteiger partial charge in [0.15, 0.2) is 0 Å². The van der Waals surface area contributed by atoms with E-state index in [0.717, 1.165) is 38.0 Å². The van der Waals surface area contributed by atoms with Crippen LogP contribution in [-0.4, -0.2) is 37.0 Å². The normalized spacial score (nSPS) is 15.6. The van der Waals surface area contributed by atoms with Crippen LogP contribution in [0.3, 0.4) is 0 Å². The Morgan fingerprint density at radius 3 is 2.38 bits per heavy atom. The van der Waals surface area contributed by atoms with E-state index in [1.165, 1.54) is 24.3 Å². The van der Waals surface area contributed by atoms with Crippen molar-refractivity contribution in [1.29, 1.82) is 0 Å². The number of hydrogen-bond donors (Lipinski definition) is 2. The molecule has 0 aromatic heterocycles. The minimum Gasteiger partial charge on any atom is -0.371 e. The van der Waals surface area contributed by atoms with Crippen LogP contribution in [0.5, 0.6) is 0 Å². The second-order valence-corrected chi connectivity index (χ2v) is 7.54. The van der Waals surface area contributed by atoms with Gasteiger partial charge in [-0.15, -0.1) is 0 Å².